The molecule has 3 nitrogen and oxygen atoms in total. The zero-order valence-corrected chi connectivity index (χ0v) is 8.00. The van der Waals surface area contributed by atoms with Crippen molar-refractivity contribution in [2.24, 2.45) is 0 Å². The average molecular weight is 198 g/mol. The SMILES string of the molecule is C[C@@]1(O)CS(=O)(=O)c2ccccc21. The van der Waals surface area contributed by atoms with Crippen LogP contribution in [0.3, 0.4) is 0 Å². The molecule has 4 heteroatoms. The van der Waals surface area contributed by atoms with Gasteiger partial charge < -0.3 is 5.11 Å². The average Bonchev–Trinajstić information content (AvgIpc) is 2.20. The second kappa shape index (κ2) is 2.33. The Hall–Kier alpha value is -0.870. The summed E-state index contributed by atoms with van der Waals surface area (Å²) in [5, 5.41) is 9.80. The van der Waals surface area contributed by atoms with E-state index >= 15 is 0 Å². The van der Waals surface area contributed by atoms with Gasteiger partial charge in [0.25, 0.3) is 0 Å². The van der Waals surface area contributed by atoms with E-state index in [1.807, 2.05) is 0 Å². The molecule has 13 heavy (non-hydrogen) atoms. The molecule has 0 fully saturated rings. The van der Waals surface area contributed by atoms with Crippen molar-refractivity contribution in [3.05, 3.63) is 29.8 Å². The summed E-state index contributed by atoms with van der Waals surface area (Å²) in [4.78, 5) is 0.264. The maximum atomic E-state index is 11.5. The topological polar surface area (TPSA) is 54.4 Å². The van der Waals surface area contributed by atoms with Gasteiger partial charge in [0, 0.05) is 5.56 Å². The zero-order valence-electron chi connectivity index (χ0n) is 7.19. The molecule has 1 aromatic carbocycles. The van der Waals surface area contributed by atoms with Crippen molar-refractivity contribution in [2.45, 2.75) is 17.4 Å². The molecule has 1 aliphatic heterocycles. The predicted octanol–water partition coefficient (Wildman–Crippen LogP) is 0.681. The van der Waals surface area contributed by atoms with Gasteiger partial charge >= 0.3 is 0 Å². The van der Waals surface area contributed by atoms with Crippen molar-refractivity contribution >= 4 is 9.84 Å². The molecule has 0 amide bonds. The Morgan fingerprint density at radius 3 is 2.62 bits per heavy atom. The number of aliphatic hydroxyl groups is 1. The maximum Gasteiger partial charge on any atom is 0.181 e. The van der Waals surface area contributed by atoms with Crippen LogP contribution in [0.1, 0.15) is 12.5 Å². The third-order valence-electron chi connectivity index (χ3n) is 2.27. The first-order chi connectivity index (χ1) is 5.93. The van der Waals surface area contributed by atoms with Gasteiger partial charge in [0.2, 0.25) is 0 Å². The highest BCUT2D eigenvalue weighted by atomic mass is 32.2. The van der Waals surface area contributed by atoms with E-state index in [-0.39, 0.29) is 10.6 Å². The van der Waals surface area contributed by atoms with Crippen LogP contribution in [0.5, 0.6) is 0 Å². The molecule has 0 radical (unpaired) electrons. The Bertz CT molecular complexity index is 446. The molecule has 1 atom stereocenters. The van der Waals surface area contributed by atoms with Crippen molar-refractivity contribution in [2.75, 3.05) is 5.75 Å². The van der Waals surface area contributed by atoms with Crippen LogP contribution in [0.25, 0.3) is 0 Å². The Labute approximate surface area is 76.9 Å². The fourth-order valence-electron chi connectivity index (χ4n) is 1.71. The van der Waals surface area contributed by atoms with E-state index in [9.17, 15) is 13.5 Å². The lowest BCUT2D eigenvalue weighted by Gasteiger charge is -2.14. The van der Waals surface area contributed by atoms with E-state index < -0.39 is 15.4 Å². The first-order valence-electron chi connectivity index (χ1n) is 3.98. The monoisotopic (exact) mass is 198 g/mol. The molecule has 0 saturated heterocycles. The standard InChI is InChI=1S/C9H10O3S/c1-9(10)6-13(11,12)8-5-3-2-4-7(8)9/h2-5,10H,6H2,1H3/t9-/m1/s1. The Balaban J connectivity index is 2.79. The fraction of sp³-hybridized carbons (Fsp3) is 0.333. The van der Waals surface area contributed by atoms with Crippen LogP contribution in [0.4, 0.5) is 0 Å². The smallest absolute Gasteiger partial charge is 0.181 e. The van der Waals surface area contributed by atoms with Crippen LogP contribution in [-0.4, -0.2) is 19.3 Å². The van der Waals surface area contributed by atoms with E-state index in [1.165, 1.54) is 13.0 Å². The molecule has 1 aliphatic rings. The lowest BCUT2D eigenvalue weighted by atomic mass is 9.99. The van der Waals surface area contributed by atoms with Crippen molar-refractivity contribution in [3.8, 4) is 0 Å². The van der Waals surface area contributed by atoms with Gasteiger partial charge in [-0.3, -0.25) is 0 Å². The molecule has 2 rings (SSSR count). The summed E-state index contributed by atoms with van der Waals surface area (Å²) in [7, 11) is -3.26. The van der Waals surface area contributed by atoms with Crippen LogP contribution in [0.15, 0.2) is 29.2 Å². The van der Waals surface area contributed by atoms with Crippen molar-refractivity contribution in [1.29, 1.82) is 0 Å². The molecule has 1 heterocycles. The molecule has 70 valence electrons. The molecule has 0 unspecified atom stereocenters. The first kappa shape index (κ1) is 8.72. The largest absolute Gasteiger partial charge is 0.384 e. The summed E-state index contributed by atoms with van der Waals surface area (Å²) >= 11 is 0. The van der Waals surface area contributed by atoms with Crippen LogP contribution < -0.4 is 0 Å². The molecule has 0 aromatic heterocycles. The first-order valence-corrected chi connectivity index (χ1v) is 5.63. The molecule has 0 aliphatic carbocycles. The van der Waals surface area contributed by atoms with E-state index in [0.717, 1.165) is 0 Å². The molecule has 0 bridgehead atoms. The van der Waals surface area contributed by atoms with Gasteiger partial charge in [-0.1, -0.05) is 18.2 Å². The van der Waals surface area contributed by atoms with Crippen molar-refractivity contribution < 1.29 is 13.5 Å². The molecular weight excluding hydrogens is 188 g/mol. The van der Waals surface area contributed by atoms with E-state index in [0.29, 0.717) is 5.56 Å². The number of benzene rings is 1. The van der Waals surface area contributed by atoms with Crippen LogP contribution in [-0.2, 0) is 15.4 Å². The minimum Gasteiger partial charge on any atom is -0.384 e. The number of rotatable bonds is 0. The van der Waals surface area contributed by atoms with Gasteiger partial charge in [0.1, 0.15) is 5.60 Å². The number of hydrogen-bond acceptors (Lipinski definition) is 3. The van der Waals surface area contributed by atoms with E-state index in [2.05, 4.69) is 0 Å². The van der Waals surface area contributed by atoms with Crippen molar-refractivity contribution in [1.82, 2.24) is 0 Å². The second-order valence-electron chi connectivity index (χ2n) is 3.53. The summed E-state index contributed by atoms with van der Waals surface area (Å²) in [5.74, 6) is -0.209. The highest BCUT2D eigenvalue weighted by Gasteiger charge is 2.41. The fourth-order valence-corrected chi connectivity index (χ4v) is 3.67. The highest BCUT2D eigenvalue weighted by Crippen LogP contribution is 2.37. The van der Waals surface area contributed by atoms with Gasteiger partial charge in [0.15, 0.2) is 9.84 Å². The molecular formula is C9H10O3S. The highest BCUT2D eigenvalue weighted by molar-refractivity contribution is 7.91. The van der Waals surface area contributed by atoms with Gasteiger partial charge in [-0.25, -0.2) is 8.42 Å². The molecule has 0 saturated carbocycles. The minimum absolute atomic E-state index is 0.209. The normalized spacial score (nSPS) is 30.0. The quantitative estimate of drug-likeness (QED) is 0.667. The Kier molecular flexibility index (Phi) is 1.56. The number of sulfone groups is 1. The summed E-state index contributed by atoms with van der Waals surface area (Å²) in [5.41, 5.74) is -0.717. The van der Waals surface area contributed by atoms with Gasteiger partial charge in [0.05, 0.1) is 10.6 Å². The lowest BCUT2D eigenvalue weighted by molar-refractivity contribution is 0.0842. The zero-order chi connectivity index (χ0) is 9.69. The second-order valence-corrected chi connectivity index (χ2v) is 5.49. The third kappa shape index (κ3) is 1.17. The Morgan fingerprint density at radius 2 is 2.00 bits per heavy atom. The summed E-state index contributed by atoms with van der Waals surface area (Å²) in [6, 6.07) is 6.58. The minimum atomic E-state index is -3.26. The lowest BCUT2D eigenvalue weighted by Crippen LogP contribution is -2.22. The number of fused-ring (bicyclic) bond motifs is 1. The summed E-state index contributed by atoms with van der Waals surface area (Å²) in [6.07, 6.45) is 0. The van der Waals surface area contributed by atoms with Gasteiger partial charge in [-0.05, 0) is 13.0 Å². The molecule has 0 spiro atoms. The Morgan fingerprint density at radius 1 is 1.38 bits per heavy atom. The predicted molar refractivity (Wildman–Crippen MR) is 48.1 cm³/mol. The summed E-state index contributed by atoms with van der Waals surface area (Å²) < 4.78 is 23.0. The van der Waals surface area contributed by atoms with Gasteiger partial charge in [-0.2, -0.15) is 0 Å². The van der Waals surface area contributed by atoms with E-state index in [4.69, 9.17) is 0 Å². The van der Waals surface area contributed by atoms with Gasteiger partial charge in [-0.15, -0.1) is 0 Å². The third-order valence-corrected chi connectivity index (χ3v) is 4.24. The van der Waals surface area contributed by atoms with E-state index in [1.54, 1.807) is 18.2 Å². The van der Waals surface area contributed by atoms with Crippen LogP contribution >= 0.6 is 0 Å². The molecule has 1 aromatic rings. The number of hydrogen-bond donors (Lipinski definition) is 1. The molecule has 1 N–H and O–H groups in total. The summed E-state index contributed by atoms with van der Waals surface area (Å²) in [6.45, 7) is 1.52. The van der Waals surface area contributed by atoms with Crippen LogP contribution in [0, 0.1) is 0 Å². The van der Waals surface area contributed by atoms with Crippen molar-refractivity contribution in [3.63, 3.8) is 0 Å². The van der Waals surface area contributed by atoms with Crippen LogP contribution in [0.2, 0.25) is 0 Å². The maximum absolute atomic E-state index is 11.5.